The van der Waals surface area contributed by atoms with Crippen LogP contribution in [0.5, 0.6) is 0 Å². The molecule has 150 valence electrons. The summed E-state index contributed by atoms with van der Waals surface area (Å²) in [5.74, 6) is -0.994. The van der Waals surface area contributed by atoms with Crippen molar-refractivity contribution in [2.24, 2.45) is 7.05 Å². The molecular formula is C18H16FN5O3S2. The zero-order valence-corrected chi connectivity index (χ0v) is 17.1. The molecule has 0 aliphatic heterocycles. The Labute approximate surface area is 173 Å². The highest BCUT2D eigenvalue weighted by Gasteiger charge is 2.18. The fourth-order valence-electron chi connectivity index (χ4n) is 2.58. The number of hydrogen-bond acceptors (Lipinski definition) is 7. The van der Waals surface area contributed by atoms with Crippen LogP contribution in [0.15, 0.2) is 38.2 Å². The van der Waals surface area contributed by atoms with Gasteiger partial charge in [0.1, 0.15) is 5.82 Å². The van der Waals surface area contributed by atoms with E-state index in [4.69, 9.17) is 5.41 Å². The summed E-state index contributed by atoms with van der Waals surface area (Å²) in [5.41, 5.74) is -0.368. The van der Waals surface area contributed by atoms with Crippen LogP contribution in [0.1, 0.15) is 17.5 Å². The van der Waals surface area contributed by atoms with Gasteiger partial charge >= 0.3 is 5.69 Å². The van der Waals surface area contributed by atoms with Crippen LogP contribution in [-0.2, 0) is 11.8 Å². The van der Waals surface area contributed by atoms with Gasteiger partial charge in [0.2, 0.25) is 5.91 Å². The first-order chi connectivity index (χ1) is 13.7. The summed E-state index contributed by atoms with van der Waals surface area (Å²) in [5, 5.41) is 12.3. The Hall–Kier alpha value is -3.05. The lowest BCUT2D eigenvalue weighted by Crippen LogP contribution is -2.37. The molecule has 0 aliphatic rings. The average molecular weight is 433 g/mol. The number of H-pyrrole nitrogens is 1. The fraction of sp³-hybridized carbons (Fsp3) is 0.167. The molecule has 0 bridgehead atoms. The van der Waals surface area contributed by atoms with E-state index in [1.54, 1.807) is 24.4 Å². The first kappa shape index (κ1) is 20.7. The van der Waals surface area contributed by atoms with Crippen molar-refractivity contribution in [3.63, 3.8) is 0 Å². The monoisotopic (exact) mass is 433 g/mol. The van der Waals surface area contributed by atoms with Crippen LogP contribution in [0.25, 0.3) is 11.3 Å². The lowest BCUT2D eigenvalue weighted by atomic mass is 10.1. The van der Waals surface area contributed by atoms with Gasteiger partial charge in [0, 0.05) is 18.0 Å². The maximum Gasteiger partial charge on any atom is 0.328 e. The lowest BCUT2D eigenvalue weighted by molar-refractivity contribution is -0.115. The molecular weight excluding hydrogens is 417 g/mol. The van der Waals surface area contributed by atoms with Crippen molar-refractivity contribution in [1.29, 1.82) is 5.41 Å². The molecule has 0 spiro atoms. The summed E-state index contributed by atoms with van der Waals surface area (Å²) >= 11 is 5.13. The van der Waals surface area contributed by atoms with E-state index in [2.05, 4.69) is 27.9 Å². The van der Waals surface area contributed by atoms with Crippen LogP contribution < -0.4 is 16.6 Å². The molecule has 3 aromatic rings. The molecule has 1 amide bonds. The van der Waals surface area contributed by atoms with Crippen LogP contribution in [0.2, 0.25) is 0 Å². The average Bonchev–Trinajstić information content (AvgIpc) is 3.07. The number of rotatable bonds is 5. The van der Waals surface area contributed by atoms with E-state index in [-0.39, 0.29) is 21.4 Å². The number of thiol groups is 1. The van der Waals surface area contributed by atoms with Crippen LogP contribution in [0, 0.1) is 18.2 Å². The summed E-state index contributed by atoms with van der Waals surface area (Å²) in [6.45, 7) is 1.78. The highest BCUT2D eigenvalue weighted by molar-refractivity contribution is 7.80. The number of carbonyl (C=O) groups excluding carboxylic acids is 1. The summed E-state index contributed by atoms with van der Waals surface area (Å²) in [7, 11) is 1.26. The van der Waals surface area contributed by atoms with Gasteiger partial charge < -0.3 is 15.7 Å². The second-order valence-electron chi connectivity index (χ2n) is 6.24. The van der Waals surface area contributed by atoms with E-state index in [0.717, 1.165) is 21.5 Å². The molecule has 0 fully saturated rings. The molecule has 29 heavy (non-hydrogen) atoms. The second kappa shape index (κ2) is 8.13. The number of benzene rings is 1. The number of nitrogens with zero attached hydrogens (tertiary/aromatic N) is 2. The number of aromatic nitrogens is 3. The number of thiazole rings is 1. The Morgan fingerprint density at radius 3 is 2.83 bits per heavy atom. The molecule has 0 atom stereocenters. The van der Waals surface area contributed by atoms with Gasteiger partial charge in [-0.05, 0) is 24.6 Å². The SMILES string of the molecule is Cc1ccc(-c2csc(NC(=O)CC(=N)c3c(S)[nH]c(=O)n(C)c3=O)n2)c(F)c1. The first-order valence-corrected chi connectivity index (χ1v) is 9.62. The van der Waals surface area contributed by atoms with E-state index >= 15 is 0 Å². The number of aromatic amines is 1. The van der Waals surface area contributed by atoms with Crippen molar-refractivity contribution in [3.8, 4) is 11.3 Å². The van der Waals surface area contributed by atoms with Gasteiger partial charge in [-0.25, -0.2) is 14.2 Å². The molecule has 8 nitrogen and oxygen atoms in total. The van der Waals surface area contributed by atoms with E-state index in [1.165, 1.54) is 13.1 Å². The molecule has 11 heteroatoms. The van der Waals surface area contributed by atoms with Gasteiger partial charge in [0.05, 0.1) is 28.4 Å². The van der Waals surface area contributed by atoms with E-state index < -0.39 is 29.4 Å². The van der Waals surface area contributed by atoms with Gasteiger partial charge in [-0.3, -0.25) is 14.2 Å². The van der Waals surface area contributed by atoms with Crippen molar-refractivity contribution in [2.45, 2.75) is 18.4 Å². The molecule has 0 radical (unpaired) electrons. The second-order valence-corrected chi connectivity index (χ2v) is 7.55. The third-order valence-electron chi connectivity index (χ3n) is 4.08. The predicted octanol–water partition coefficient (Wildman–Crippen LogP) is 2.33. The molecule has 0 unspecified atom stereocenters. The number of carbonyl (C=O) groups is 1. The molecule has 3 N–H and O–H groups in total. The topological polar surface area (TPSA) is 121 Å². The summed E-state index contributed by atoms with van der Waals surface area (Å²) in [4.78, 5) is 42.5. The van der Waals surface area contributed by atoms with Crippen molar-refractivity contribution in [3.05, 3.63) is 61.4 Å². The zero-order chi connectivity index (χ0) is 21.3. The Morgan fingerprint density at radius 1 is 1.41 bits per heavy atom. The number of amides is 1. The third-order valence-corrected chi connectivity index (χ3v) is 5.17. The van der Waals surface area contributed by atoms with Crippen molar-refractivity contribution < 1.29 is 9.18 Å². The minimum atomic E-state index is -0.720. The number of halogens is 1. The lowest BCUT2D eigenvalue weighted by Gasteiger charge is -2.07. The normalized spacial score (nSPS) is 10.8. The van der Waals surface area contributed by atoms with Gasteiger partial charge in [0.25, 0.3) is 5.56 Å². The highest BCUT2D eigenvalue weighted by Crippen LogP contribution is 2.27. The summed E-state index contributed by atoms with van der Waals surface area (Å²) in [6.07, 6.45) is -0.428. The van der Waals surface area contributed by atoms with Crippen molar-refractivity contribution >= 4 is 40.7 Å². The standard InChI is InChI=1S/C18H16FN5O3S2/c1-8-3-4-9(10(19)5-8)12-7-29-17(21-12)22-13(25)6-11(20)14-15(28)23-18(27)24(2)16(14)26/h3-5,7,20,28H,6H2,1-2H3,(H,23,27)(H,21,22,25). The number of anilines is 1. The molecule has 2 heterocycles. The van der Waals surface area contributed by atoms with E-state index in [1.807, 2.05) is 0 Å². The van der Waals surface area contributed by atoms with Gasteiger partial charge in [-0.15, -0.1) is 24.0 Å². The zero-order valence-electron chi connectivity index (χ0n) is 15.4. The van der Waals surface area contributed by atoms with E-state index in [0.29, 0.717) is 11.3 Å². The van der Waals surface area contributed by atoms with Gasteiger partial charge in [0.15, 0.2) is 5.13 Å². The van der Waals surface area contributed by atoms with Crippen LogP contribution in [0.4, 0.5) is 9.52 Å². The van der Waals surface area contributed by atoms with Crippen molar-refractivity contribution in [2.75, 3.05) is 5.32 Å². The van der Waals surface area contributed by atoms with E-state index in [9.17, 15) is 18.8 Å². The Bertz CT molecular complexity index is 1250. The maximum absolute atomic E-state index is 14.1. The molecule has 0 saturated heterocycles. The smallest absolute Gasteiger partial charge is 0.304 e. The molecule has 0 aliphatic carbocycles. The van der Waals surface area contributed by atoms with Gasteiger partial charge in [-0.2, -0.15) is 0 Å². The number of hydrogen-bond donors (Lipinski definition) is 4. The molecule has 3 rings (SSSR count). The first-order valence-electron chi connectivity index (χ1n) is 8.29. The Balaban J connectivity index is 1.75. The van der Waals surface area contributed by atoms with Gasteiger partial charge in [-0.1, -0.05) is 6.07 Å². The summed E-state index contributed by atoms with van der Waals surface area (Å²) < 4.78 is 14.9. The Morgan fingerprint density at radius 2 is 2.14 bits per heavy atom. The largest absolute Gasteiger partial charge is 0.328 e. The quantitative estimate of drug-likeness (QED) is 0.280. The molecule has 0 saturated carbocycles. The Kier molecular flexibility index (Phi) is 5.80. The third kappa shape index (κ3) is 4.35. The minimum Gasteiger partial charge on any atom is -0.304 e. The fourth-order valence-corrected chi connectivity index (χ4v) is 3.63. The number of aryl methyl sites for hydroxylation is 1. The summed E-state index contributed by atoms with van der Waals surface area (Å²) in [6, 6.07) is 4.77. The molecule has 1 aromatic carbocycles. The number of nitrogens with one attached hydrogen (secondary N) is 3. The van der Waals surface area contributed by atoms with Crippen molar-refractivity contribution in [1.82, 2.24) is 14.5 Å². The highest BCUT2D eigenvalue weighted by atomic mass is 32.1. The maximum atomic E-state index is 14.1. The van der Waals surface area contributed by atoms with Crippen LogP contribution in [0.3, 0.4) is 0 Å². The minimum absolute atomic E-state index is 0.0812. The predicted molar refractivity (Wildman–Crippen MR) is 112 cm³/mol. The van der Waals surface area contributed by atoms with Crippen LogP contribution >= 0.6 is 24.0 Å². The van der Waals surface area contributed by atoms with Crippen LogP contribution in [-0.4, -0.2) is 26.2 Å². The molecule has 2 aromatic heterocycles.